The summed E-state index contributed by atoms with van der Waals surface area (Å²) in [6.07, 6.45) is 0.341. The fraction of sp³-hybridized carbons (Fsp3) is 0.133. The van der Waals surface area contributed by atoms with E-state index >= 15 is 0 Å². The maximum atomic E-state index is 11.9. The van der Waals surface area contributed by atoms with E-state index in [4.69, 9.17) is 10.5 Å². The number of rotatable bonds is 4. The zero-order valence-electron chi connectivity index (χ0n) is 10.7. The first-order chi connectivity index (χ1) is 9.19. The molecule has 3 N–H and O–H groups in total. The van der Waals surface area contributed by atoms with Gasteiger partial charge >= 0.3 is 0 Å². The van der Waals surface area contributed by atoms with Crippen molar-refractivity contribution in [3.63, 3.8) is 0 Å². The van der Waals surface area contributed by atoms with Crippen molar-refractivity contribution in [2.24, 2.45) is 0 Å². The minimum absolute atomic E-state index is 0.0713. The van der Waals surface area contributed by atoms with Gasteiger partial charge in [0.2, 0.25) is 5.91 Å². The molecule has 2 aromatic rings. The maximum Gasteiger partial charge on any atom is 0.228 e. The zero-order valence-corrected chi connectivity index (χ0v) is 10.7. The van der Waals surface area contributed by atoms with E-state index in [1.165, 1.54) is 0 Å². The van der Waals surface area contributed by atoms with E-state index in [0.717, 1.165) is 5.56 Å². The van der Waals surface area contributed by atoms with E-state index in [1.54, 1.807) is 25.3 Å². The Balaban J connectivity index is 2.03. The van der Waals surface area contributed by atoms with Crippen LogP contribution in [-0.4, -0.2) is 13.0 Å². The van der Waals surface area contributed by atoms with Gasteiger partial charge in [-0.05, 0) is 17.7 Å². The topological polar surface area (TPSA) is 64.3 Å². The van der Waals surface area contributed by atoms with Gasteiger partial charge in [0, 0.05) is 11.8 Å². The number of nitrogens with two attached hydrogens (primary N) is 1. The molecule has 0 spiro atoms. The second-order valence-corrected chi connectivity index (χ2v) is 4.17. The minimum Gasteiger partial charge on any atom is -0.495 e. The van der Waals surface area contributed by atoms with Crippen molar-refractivity contribution in [1.29, 1.82) is 0 Å². The molecule has 2 rings (SSSR count). The van der Waals surface area contributed by atoms with Crippen molar-refractivity contribution in [1.82, 2.24) is 0 Å². The molecule has 0 radical (unpaired) electrons. The predicted octanol–water partition coefficient (Wildman–Crippen LogP) is 2.46. The third-order valence-electron chi connectivity index (χ3n) is 2.72. The summed E-state index contributed by atoms with van der Waals surface area (Å²) in [7, 11) is 1.54. The minimum atomic E-state index is -0.0713. The second kappa shape index (κ2) is 5.91. The molecule has 0 aliphatic carbocycles. The highest BCUT2D eigenvalue weighted by molar-refractivity contribution is 5.92. The zero-order chi connectivity index (χ0) is 13.7. The van der Waals surface area contributed by atoms with Gasteiger partial charge in [-0.25, -0.2) is 0 Å². The van der Waals surface area contributed by atoms with E-state index in [1.807, 2.05) is 30.3 Å². The van der Waals surface area contributed by atoms with Gasteiger partial charge in [0.1, 0.15) is 5.75 Å². The summed E-state index contributed by atoms with van der Waals surface area (Å²) in [5.41, 5.74) is 7.91. The summed E-state index contributed by atoms with van der Waals surface area (Å²) in [5.74, 6) is 0.482. The van der Waals surface area contributed by atoms with Crippen LogP contribution < -0.4 is 15.8 Å². The fourth-order valence-electron chi connectivity index (χ4n) is 1.78. The number of carbonyl (C=O) groups is 1. The molecule has 0 fully saturated rings. The SMILES string of the molecule is COc1cc(NC(=O)Cc2ccccc2)ccc1N. The lowest BCUT2D eigenvalue weighted by Crippen LogP contribution is -2.14. The van der Waals surface area contributed by atoms with Crippen LogP contribution in [0.1, 0.15) is 5.56 Å². The lowest BCUT2D eigenvalue weighted by molar-refractivity contribution is -0.115. The van der Waals surface area contributed by atoms with Gasteiger partial charge in [0.15, 0.2) is 0 Å². The molecule has 0 aliphatic rings. The van der Waals surface area contributed by atoms with Gasteiger partial charge in [-0.1, -0.05) is 30.3 Å². The molecule has 1 amide bonds. The number of methoxy groups -OCH3 is 1. The summed E-state index contributed by atoms with van der Waals surface area (Å²) >= 11 is 0. The van der Waals surface area contributed by atoms with Crippen LogP contribution in [0.2, 0.25) is 0 Å². The predicted molar refractivity (Wildman–Crippen MR) is 76.2 cm³/mol. The highest BCUT2D eigenvalue weighted by atomic mass is 16.5. The van der Waals surface area contributed by atoms with E-state index in [-0.39, 0.29) is 5.91 Å². The third-order valence-corrected chi connectivity index (χ3v) is 2.72. The smallest absolute Gasteiger partial charge is 0.228 e. The van der Waals surface area contributed by atoms with Crippen LogP contribution in [-0.2, 0) is 11.2 Å². The molecule has 0 unspecified atom stereocenters. The highest BCUT2D eigenvalue weighted by Crippen LogP contribution is 2.24. The second-order valence-electron chi connectivity index (χ2n) is 4.17. The molecule has 0 atom stereocenters. The normalized spacial score (nSPS) is 9.95. The Labute approximate surface area is 112 Å². The first kappa shape index (κ1) is 13.0. The number of hydrogen-bond donors (Lipinski definition) is 2. The van der Waals surface area contributed by atoms with Crippen molar-refractivity contribution in [3.8, 4) is 5.75 Å². The van der Waals surface area contributed by atoms with Gasteiger partial charge in [0.05, 0.1) is 19.2 Å². The molecule has 4 nitrogen and oxygen atoms in total. The summed E-state index contributed by atoms with van der Waals surface area (Å²) in [5, 5.41) is 2.82. The molecule has 19 heavy (non-hydrogen) atoms. The Kier molecular flexibility index (Phi) is 4.03. The van der Waals surface area contributed by atoms with Crippen molar-refractivity contribution >= 4 is 17.3 Å². The lowest BCUT2D eigenvalue weighted by Gasteiger charge is -2.09. The molecule has 0 bridgehead atoms. The molecular weight excluding hydrogens is 240 g/mol. The maximum absolute atomic E-state index is 11.9. The summed E-state index contributed by atoms with van der Waals surface area (Å²) in [4.78, 5) is 11.9. The number of nitrogens with one attached hydrogen (secondary N) is 1. The van der Waals surface area contributed by atoms with Gasteiger partial charge in [0.25, 0.3) is 0 Å². The van der Waals surface area contributed by atoms with Crippen LogP contribution in [0.3, 0.4) is 0 Å². The van der Waals surface area contributed by atoms with Crippen molar-refractivity contribution < 1.29 is 9.53 Å². The molecule has 4 heteroatoms. The molecule has 98 valence electrons. The Hall–Kier alpha value is -2.49. The molecule has 2 aromatic carbocycles. The highest BCUT2D eigenvalue weighted by Gasteiger charge is 2.06. The number of amides is 1. The fourth-order valence-corrected chi connectivity index (χ4v) is 1.78. The van der Waals surface area contributed by atoms with E-state index in [9.17, 15) is 4.79 Å². The van der Waals surface area contributed by atoms with Crippen LogP contribution >= 0.6 is 0 Å². The van der Waals surface area contributed by atoms with Crippen molar-refractivity contribution in [2.75, 3.05) is 18.2 Å². The summed E-state index contributed by atoms with van der Waals surface area (Å²) in [6.45, 7) is 0. The van der Waals surface area contributed by atoms with E-state index in [2.05, 4.69) is 5.32 Å². The van der Waals surface area contributed by atoms with E-state index in [0.29, 0.717) is 23.5 Å². The Morgan fingerprint density at radius 2 is 1.95 bits per heavy atom. The van der Waals surface area contributed by atoms with Gasteiger partial charge in [-0.3, -0.25) is 4.79 Å². The number of benzene rings is 2. The molecular formula is C15H16N2O2. The largest absolute Gasteiger partial charge is 0.495 e. The Bertz CT molecular complexity index is 568. The van der Waals surface area contributed by atoms with Crippen LogP contribution in [0.5, 0.6) is 5.75 Å². The lowest BCUT2D eigenvalue weighted by atomic mass is 10.1. The Morgan fingerprint density at radius 3 is 2.63 bits per heavy atom. The van der Waals surface area contributed by atoms with Crippen LogP contribution in [0.4, 0.5) is 11.4 Å². The standard InChI is InChI=1S/C15H16N2O2/c1-19-14-10-12(7-8-13(14)16)17-15(18)9-11-5-3-2-4-6-11/h2-8,10H,9,16H2,1H3,(H,17,18). The molecule has 0 heterocycles. The van der Waals surface area contributed by atoms with Crippen LogP contribution in [0, 0.1) is 0 Å². The van der Waals surface area contributed by atoms with Gasteiger partial charge < -0.3 is 15.8 Å². The first-order valence-corrected chi connectivity index (χ1v) is 5.96. The van der Waals surface area contributed by atoms with Crippen LogP contribution in [0.25, 0.3) is 0 Å². The molecule has 0 aromatic heterocycles. The average Bonchev–Trinajstić information content (AvgIpc) is 2.42. The van der Waals surface area contributed by atoms with Gasteiger partial charge in [-0.2, -0.15) is 0 Å². The number of hydrogen-bond acceptors (Lipinski definition) is 3. The van der Waals surface area contributed by atoms with Gasteiger partial charge in [-0.15, -0.1) is 0 Å². The third kappa shape index (κ3) is 3.48. The van der Waals surface area contributed by atoms with E-state index < -0.39 is 0 Å². The monoisotopic (exact) mass is 256 g/mol. The Morgan fingerprint density at radius 1 is 1.21 bits per heavy atom. The van der Waals surface area contributed by atoms with Crippen molar-refractivity contribution in [2.45, 2.75) is 6.42 Å². The number of ether oxygens (including phenoxy) is 1. The molecule has 0 aliphatic heterocycles. The molecule has 0 saturated carbocycles. The average molecular weight is 256 g/mol. The molecule has 0 saturated heterocycles. The quantitative estimate of drug-likeness (QED) is 0.826. The summed E-state index contributed by atoms with van der Waals surface area (Å²) in [6, 6.07) is 14.7. The number of carbonyl (C=O) groups excluding carboxylic acids is 1. The number of anilines is 2. The van der Waals surface area contributed by atoms with Crippen LogP contribution in [0.15, 0.2) is 48.5 Å². The first-order valence-electron chi connectivity index (χ1n) is 5.96. The summed E-state index contributed by atoms with van der Waals surface area (Å²) < 4.78 is 5.11. The van der Waals surface area contributed by atoms with Crippen molar-refractivity contribution in [3.05, 3.63) is 54.1 Å². The number of nitrogen functional groups attached to an aromatic ring is 1.